The number of carbonyl (C=O) groups is 1. The Morgan fingerprint density at radius 3 is 2.89 bits per heavy atom. The van der Waals surface area contributed by atoms with Gasteiger partial charge in [0, 0.05) is 18.4 Å². The number of hydrogen-bond acceptors (Lipinski definition) is 2. The number of hydrogen-bond donors (Lipinski definition) is 2. The van der Waals surface area contributed by atoms with Crippen LogP contribution < -0.4 is 10.6 Å². The fourth-order valence-electron chi connectivity index (χ4n) is 1.68. The molecular weight excluding hydrogens is 247 g/mol. The zero-order chi connectivity index (χ0) is 13.7. The van der Waals surface area contributed by atoms with Crippen LogP contribution in [0, 0.1) is 5.82 Å². The summed E-state index contributed by atoms with van der Waals surface area (Å²) in [5.41, 5.74) is 0.159. The van der Waals surface area contributed by atoms with E-state index < -0.39 is 11.8 Å². The molecule has 1 atom stereocenters. The Hall–Kier alpha value is -2.37. The van der Waals surface area contributed by atoms with Crippen molar-refractivity contribution in [3.8, 4) is 0 Å². The van der Waals surface area contributed by atoms with Gasteiger partial charge in [0.2, 0.25) is 0 Å². The lowest BCUT2D eigenvalue weighted by molar-refractivity contribution is 0.247. The molecule has 0 spiro atoms. The van der Waals surface area contributed by atoms with Crippen LogP contribution in [0.25, 0.3) is 0 Å². The maximum atomic E-state index is 13.3. The van der Waals surface area contributed by atoms with E-state index in [9.17, 15) is 9.18 Å². The van der Waals surface area contributed by atoms with Gasteiger partial charge in [-0.2, -0.15) is 5.10 Å². The Morgan fingerprint density at radius 2 is 2.21 bits per heavy atom. The summed E-state index contributed by atoms with van der Waals surface area (Å²) in [7, 11) is 0. The van der Waals surface area contributed by atoms with Gasteiger partial charge < -0.3 is 10.6 Å². The number of anilines is 1. The molecule has 2 amide bonds. The number of nitrogens with zero attached hydrogens (tertiary/aromatic N) is 2. The van der Waals surface area contributed by atoms with Gasteiger partial charge in [-0.05, 0) is 25.1 Å². The van der Waals surface area contributed by atoms with Crippen molar-refractivity contribution in [2.24, 2.45) is 0 Å². The molecule has 6 heteroatoms. The van der Waals surface area contributed by atoms with Gasteiger partial charge in [-0.25, -0.2) is 9.18 Å². The fraction of sp³-hybridized carbons (Fsp3) is 0.231. The van der Waals surface area contributed by atoms with Gasteiger partial charge in [0.25, 0.3) is 0 Å². The van der Waals surface area contributed by atoms with Crippen molar-refractivity contribution in [1.82, 2.24) is 15.1 Å². The number of aromatic nitrogens is 2. The van der Waals surface area contributed by atoms with Crippen molar-refractivity contribution in [1.29, 1.82) is 0 Å². The van der Waals surface area contributed by atoms with Crippen LogP contribution in [-0.2, 0) is 6.54 Å². The molecule has 100 valence electrons. The average Bonchev–Trinajstić information content (AvgIpc) is 2.84. The SMILES string of the molecule is C[C@H](Cn1cccn1)NC(=O)Nc1ccccc1F. The third kappa shape index (κ3) is 3.80. The first kappa shape index (κ1) is 13.1. The molecule has 0 saturated carbocycles. The van der Waals surface area contributed by atoms with Gasteiger partial charge in [0.05, 0.1) is 12.2 Å². The number of amides is 2. The molecule has 5 nitrogen and oxygen atoms in total. The van der Waals surface area contributed by atoms with Crippen molar-refractivity contribution in [2.45, 2.75) is 19.5 Å². The third-order valence-electron chi connectivity index (χ3n) is 2.52. The summed E-state index contributed by atoms with van der Waals surface area (Å²) in [6, 6.07) is 7.28. The Balaban J connectivity index is 1.86. The molecular formula is C13H15FN4O. The molecule has 2 rings (SSSR count). The first-order valence-corrected chi connectivity index (χ1v) is 5.94. The molecule has 1 aromatic heterocycles. The number of rotatable bonds is 4. The van der Waals surface area contributed by atoms with Gasteiger partial charge in [-0.15, -0.1) is 0 Å². The van der Waals surface area contributed by atoms with E-state index in [2.05, 4.69) is 15.7 Å². The monoisotopic (exact) mass is 262 g/mol. The molecule has 2 N–H and O–H groups in total. The van der Waals surface area contributed by atoms with Crippen molar-refractivity contribution >= 4 is 11.7 Å². The predicted octanol–water partition coefficient (Wildman–Crippen LogP) is 2.23. The Bertz CT molecular complexity index is 541. The van der Waals surface area contributed by atoms with E-state index in [1.54, 1.807) is 23.0 Å². The number of nitrogens with one attached hydrogen (secondary N) is 2. The van der Waals surface area contributed by atoms with Crippen molar-refractivity contribution in [3.63, 3.8) is 0 Å². The van der Waals surface area contributed by atoms with Gasteiger partial charge in [0.1, 0.15) is 5.82 Å². The molecule has 0 fully saturated rings. The summed E-state index contributed by atoms with van der Waals surface area (Å²) < 4.78 is 15.1. The molecule has 0 bridgehead atoms. The average molecular weight is 262 g/mol. The molecule has 2 aromatic rings. The molecule has 0 aliphatic carbocycles. The summed E-state index contributed by atoms with van der Waals surface area (Å²) in [5.74, 6) is -0.461. The van der Waals surface area contributed by atoms with E-state index >= 15 is 0 Å². The molecule has 0 saturated heterocycles. The highest BCUT2D eigenvalue weighted by Gasteiger charge is 2.09. The van der Waals surface area contributed by atoms with Crippen LogP contribution in [0.2, 0.25) is 0 Å². The quantitative estimate of drug-likeness (QED) is 0.887. The fourth-order valence-corrected chi connectivity index (χ4v) is 1.68. The molecule has 0 aliphatic heterocycles. The minimum absolute atomic E-state index is 0.119. The number of para-hydroxylation sites is 1. The zero-order valence-electron chi connectivity index (χ0n) is 10.5. The van der Waals surface area contributed by atoms with Crippen LogP contribution >= 0.6 is 0 Å². The minimum atomic E-state index is -0.461. The molecule has 1 heterocycles. The number of benzene rings is 1. The van der Waals surface area contributed by atoms with E-state index in [0.717, 1.165) is 0 Å². The Kier molecular flexibility index (Phi) is 4.12. The van der Waals surface area contributed by atoms with E-state index in [1.165, 1.54) is 12.1 Å². The van der Waals surface area contributed by atoms with Crippen molar-refractivity contribution in [3.05, 3.63) is 48.5 Å². The van der Waals surface area contributed by atoms with Gasteiger partial charge in [-0.3, -0.25) is 4.68 Å². The van der Waals surface area contributed by atoms with Gasteiger partial charge in [-0.1, -0.05) is 12.1 Å². The smallest absolute Gasteiger partial charge is 0.319 e. The second-order valence-electron chi connectivity index (χ2n) is 4.21. The first-order valence-electron chi connectivity index (χ1n) is 5.94. The van der Waals surface area contributed by atoms with E-state index in [-0.39, 0.29) is 11.7 Å². The van der Waals surface area contributed by atoms with Crippen LogP contribution in [0.4, 0.5) is 14.9 Å². The summed E-state index contributed by atoms with van der Waals surface area (Å²) in [6.07, 6.45) is 3.49. The van der Waals surface area contributed by atoms with Crippen LogP contribution in [0.15, 0.2) is 42.7 Å². The Labute approximate surface area is 110 Å². The Morgan fingerprint density at radius 1 is 1.42 bits per heavy atom. The maximum Gasteiger partial charge on any atom is 0.319 e. The second kappa shape index (κ2) is 5.99. The minimum Gasteiger partial charge on any atom is -0.334 e. The van der Waals surface area contributed by atoms with E-state index in [0.29, 0.717) is 6.54 Å². The second-order valence-corrected chi connectivity index (χ2v) is 4.21. The van der Waals surface area contributed by atoms with E-state index in [4.69, 9.17) is 0 Å². The van der Waals surface area contributed by atoms with Crippen LogP contribution in [0.5, 0.6) is 0 Å². The largest absolute Gasteiger partial charge is 0.334 e. The topological polar surface area (TPSA) is 59.0 Å². The molecule has 0 radical (unpaired) electrons. The van der Waals surface area contributed by atoms with Gasteiger partial charge >= 0.3 is 6.03 Å². The van der Waals surface area contributed by atoms with Gasteiger partial charge in [0.15, 0.2) is 0 Å². The van der Waals surface area contributed by atoms with Crippen LogP contribution in [0.3, 0.4) is 0 Å². The highest BCUT2D eigenvalue weighted by Crippen LogP contribution is 2.11. The first-order chi connectivity index (χ1) is 9.15. The predicted molar refractivity (Wildman–Crippen MR) is 70.2 cm³/mol. The normalized spacial score (nSPS) is 11.9. The van der Waals surface area contributed by atoms with Crippen molar-refractivity contribution in [2.75, 3.05) is 5.32 Å². The molecule has 1 aromatic carbocycles. The molecule has 0 aliphatic rings. The van der Waals surface area contributed by atoms with Crippen molar-refractivity contribution < 1.29 is 9.18 Å². The summed E-state index contributed by atoms with van der Waals surface area (Å²) in [6.45, 7) is 2.40. The number of carbonyl (C=O) groups excluding carboxylic acids is 1. The summed E-state index contributed by atoms with van der Waals surface area (Å²) in [5, 5.41) is 9.23. The number of halogens is 1. The lowest BCUT2D eigenvalue weighted by Gasteiger charge is -2.14. The lowest BCUT2D eigenvalue weighted by atomic mass is 10.3. The number of urea groups is 1. The highest BCUT2D eigenvalue weighted by molar-refractivity contribution is 5.89. The third-order valence-corrected chi connectivity index (χ3v) is 2.52. The summed E-state index contributed by atoms with van der Waals surface area (Å²) in [4.78, 5) is 11.7. The van der Waals surface area contributed by atoms with Crippen LogP contribution in [0.1, 0.15) is 6.92 Å². The van der Waals surface area contributed by atoms with Crippen LogP contribution in [-0.4, -0.2) is 21.9 Å². The zero-order valence-corrected chi connectivity index (χ0v) is 10.5. The molecule has 0 unspecified atom stereocenters. The molecule has 19 heavy (non-hydrogen) atoms. The van der Waals surface area contributed by atoms with E-state index in [1.807, 2.05) is 19.2 Å². The maximum absolute atomic E-state index is 13.3. The highest BCUT2D eigenvalue weighted by atomic mass is 19.1. The summed E-state index contributed by atoms with van der Waals surface area (Å²) >= 11 is 0. The lowest BCUT2D eigenvalue weighted by Crippen LogP contribution is -2.38. The standard InChI is InChI=1S/C13H15FN4O/c1-10(9-18-8-4-7-15-18)16-13(19)17-12-6-3-2-5-11(12)14/h2-8,10H,9H2,1H3,(H2,16,17,19)/t10-/m1/s1.